The van der Waals surface area contributed by atoms with Gasteiger partial charge < -0.3 is 15.9 Å². The van der Waals surface area contributed by atoms with Crippen LogP contribution in [0.5, 0.6) is 0 Å². The lowest BCUT2D eigenvalue weighted by atomic mass is 9.86. The Balaban J connectivity index is 4.15. The molecule has 12 heavy (non-hydrogen) atoms. The Morgan fingerprint density at radius 1 is 1.58 bits per heavy atom. The largest absolute Gasteiger partial charge is 0.480 e. The first-order valence-corrected chi connectivity index (χ1v) is 3.98. The van der Waals surface area contributed by atoms with Crippen molar-refractivity contribution in [3.05, 3.63) is 0 Å². The maximum absolute atomic E-state index is 10.4. The highest BCUT2D eigenvalue weighted by molar-refractivity contribution is 5.73. The average molecular weight is 175 g/mol. The lowest BCUT2D eigenvalue weighted by Gasteiger charge is -2.28. The summed E-state index contributed by atoms with van der Waals surface area (Å²) in [6.45, 7) is 5.25. The molecule has 0 saturated carbocycles. The summed E-state index contributed by atoms with van der Waals surface area (Å²) >= 11 is 0. The first kappa shape index (κ1) is 11.4. The molecule has 4 N–H and O–H groups in total. The Labute approximate surface area is 72.4 Å². The second-order valence-electron chi connectivity index (χ2n) is 3.66. The third kappa shape index (κ3) is 3.19. The van der Waals surface area contributed by atoms with Gasteiger partial charge in [-0.3, -0.25) is 4.79 Å². The van der Waals surface area contributed by atoms with Gasteiger partial charge in [0.2, 0.25) is 0 Å². The highest BCUT2D eigenvalue weighted by Crippen LogP contribution is 2.21. The van der Waals surface area contributed by atoms with Crippen molar-refractivity contribution in [2.24, 2.45) is 11.7 Å². The molecule has 0 aliphatic heterocycles. The molecule has 0 fully saturated rings. The van der Waals surface area contributed by atoms with Gasteiger partial charge in [0.25, 0.3) is 0 Å². The Morgan fingerprint density at radius 2 is 2.00 bits per heavy atom. The van der Waals surface area contributed by atoms with Gasteiger partial charge in [0, 0.05) is 6.42 Å². The number of nitrogens with two attached hydrogens (primary N) is 1. The fourth-order valence-electron chi connectivity index (χ4n) is 0.768. The van der Waals surface area contributed by atoms with Crippen LogP contribution < -0.4 is 5.73 Å². The third-order valence-corrected chi connectivity index (χ3v) is 2.19. The predicted octanol–water partition coefficient (Wildman–Crippen LogP) is 0.195. The van der Waals surface area contributed by atoms with Crippen molar-refractivity contribution >= 4 is 5.97 Å². The fourth-order valence-corrected chi connectivity index (χ4v) is 0.768. The van der Waals surface area contributed by atoms with Gasteiger partial charge in [0.1, 0.15) is 6.04 Å². The second-order valence-corrected chi connectivity index (χ2v) is 3.66. The van der Waals surface area contributed by atoms with Crippen LogP contribution in [0.4, 0.5) is 0 Å². The van der Waals surface area contributed by atoms with Crippen molar-refractivity contribution in [1.29, 1.82) is 0 Å². The van der Waals surface area contributed by atoms with Crippen LogP contribution in [0.25, 0.3) is 0 Å². The van der Waals surface area contributed by atoms with Gasteiger partial charge in [-0.25, -0.2) is 0 Å². The molecule has 72 valence electrons. The van der Waals surface area contributed by atoms with Gasteiger partial charge in [0.05, 0.1) is 5.60 Å². The highest BCUT2D eigenvalue weighted by atomic mass is 16.4. The van der Waals surface area contributed by atoms with Crippen molar-refractivity contribution in [3.8, 4) is 0 Å². The Bertz CT molecular complexity index is 166. The Kier molecular flexibility index (Phi) is 3.67. The molecule has 0 amide bonds. The third-order valence-electron chi connectivity index (χ3n) is 2.19. The summed E-state index contributed by atoms with van der Waals surface area (Å²) in [5, 5.41) is 18.2. The minimum atomic E-state index is -1.07. The van der Waals surface area contributed by atoms with E-state index in [9.17, 15) is 9.90 Å². The lowest BCUT2D eigenvalue weighted by Crippen LogP contribution is -2.42. The van der Waals surface area contributed by atoms with Crippen LogP contribution in [0, 0.1) is 5.92 Å². The number of rotatable bonds is 4. The van der Waals surface area contributed by atoms with Gasteiger partial charge in [0.15, 0.2) is 0 Å². The molecular weight excluding hydrogens is 158 g/mol. The molecule has 2 atom stereocenters. The van der Waals surface area contributed by atoms with E-state index >= 15 is 0 Å². The molecule has 4 nitrogen and oxygen atoms in total. The molecule has 0 aromatic carbocycles. The van der Waals surface area contributed by atoms with Gasteiger partial charge in [-0.15, -0.1) is 0 Å². The van der Waals surface area contributed by atoms with Gasteiger partial charge in [-0.1, -0.05) is 13.8 Å². The number of carboxylic acid groups (broad SMARTS) is 1. The van der Waals surface area contributed by atoms with E-state index in [1.165, 1.54) is 0 Å². The molecule has 0 rings (SSSR count). The van der Waals surface area contributed by atoms with Gasteiger partial charge in [-0.05, 0) is 12.8 Å². The quantitative estimate of drug-likeness (QED) is 0.569. The molecule has 0 aromatic rings. The molecule has 0 radical (unpaired) electrons. The normalized spacial score (nSPS) is 18.8. The maximum atomic E-state index is 10.4. The molecule has 0 saturated heterocycles. The summed E-state index contributed by atoms with van der Waals surface area (Å²) in [6, 6.07) is -0.984. The minimum absolute atomic E-state index is 0.00269. The molecule has 0 spiro atoms. The zero-order valence-electron chi connectivity index (χ0n) is 7.74. The van der Waals surface area contributed by atoms with Crippen molar-refractivity contribution in [1.82, 2.24) is 0 Å². The van der Waals surface area contributed by atoms with E-state index in [2.05, 4.69) is 0 Å². The molecular formula is C8H17NO3. The fraction of sp³-hybridized carbons (Fsp3) is 0.875. The number of carbonyl (C=O) groups is 1. The predicted molar refractivity (Wildman–Crippen MR) is 45.7 cm³/mol. The van der Waals surface area contributed by atoms with Crippen LogP contribution in [0.15, 0.2) is 0 Å². The van der Waals surface area contributed by atoms with Crippen molar-refractivity contribution in [2.75, 3.05) is 0 Å². The van der Waals surface area contributed by atoms with Crippen LogP contribution in [0.3, 0.4) is 0 Å². The molecule has 4 heteroatoms. The lowest BCUT2D eigenvalue weighted by molar-refractivity contribution is -0.140. The monoisotopic (exact) mass is 175 g/mol. The summed E-state index contributed by atoms with van der Waals surface area (Å²) in [7, 11) is 0. The van der Waals surface area contributed by atoms with E-state index in [0.717, 1.165) is 0 Å². The first-order chi connectivity index (χ1) is 5.27. The molecule has 0 bridgehead atoms. The van der Waals surface area contributed by atoms with E-state index in [1.807, 2.05) is 13.8 Å². The number of aliphatic hydroxyl groups is 1. The van der Waals surface area contributed by atoms with Crippen LogP contribution >= 0.6 is 0 Å². The van der Waals surface area contributed by atoms with Gasteiger partial charge in [-0.2, -0.15) is 0 Å². The average Bonchev–Trinajstić information content (AvgIpc) is 1.85. The molecule has 0 aliphatic carbocycles. The SMILES string of the molecule is CC(C)C(C)(O)C[C@@H](N)C(=O)O. The first-order valence-electron chi connectivity index (χ1n) is 3.98. The van der Waals surface area contributed by atoms with Gasteiger partial charge >= 0.3 is 5.97 Å². The number of hydrogen-bond acceptors (Lipinski definition) is 3. The van der Waals surface area contributed by atoms with E-state index in [1.54, 1.807) is 6.92 Å². The van der Waals surface area contributed by atoms with Crippen LogP contribution in [0.1, 0.15) is 27.2 Å². The molecule has 0 aromatic heterocycles. The second kappa shape index (κ2) is 3.87. The topological polar surface area (TPSA) is 83.5 Å². The number of carboxylic acids is 1. The summed E-state index contributed by atoms with van der Waals surface area (Å²) in [5.74, 6) is -1.07. The van der Waals surface area contributed by atoms with Crippen LogP contribution in [-0.2, 0) is 4.79 Å². The van der Waals surface area contributed by atoms with E-state index < -0.39 is 17.6 Å². The van der Waals surface area contributed by atoms with Crippen LogP contribution in [0.2, 0.25) is 0 Å². The smallest absolute Gasteiger partial charge is 0.320 e. The number of hydrogen-bond donors (Lipinski definition) is 3. The summed E-state index contributed by atoms with van der Waals surface area (Å²) in [5.41, 5.74) is 4.28. The maximum Gasteiger partial charge on any atom is 0.320 e. The zero-order valence-corrected chi connectivity index (χ0v) is 7.74. The number of aliphatic carboxylic acids is 1. The summed E-state index contributed by atoms with van der Waals surface area (Å²) in [6.07, 6.45) is 0.0833. The van der Waals surface area contributed by atoms with Crippen molar-refractivity contribution < 1.29 is 15.0 Å². The molecule has 0 aliphatic rings. The molecule has 1 unspecified atom stereocenters. The van der Waals surface area contributed by atoms with Crippen molar-refractivity contribution in [3.63, 3.8) is 0 Å². The summed E-state index contributed by atoms with van der Waals surface area (Å²) < 4.78 is 0. The standard InChI is InChI=1S/C8H17NO3/c1-5(2)8(3,12)4-6(9)7(10)11/h5-6,12H,4,9H2,1-3H3,(H,10,11)/t6-,8?/m1/s1. The summed E-state index contributed by atoms with van der Waals surface area (Å²) in [4.78, 5) is 10.4. The van der Waals surface area contributed by atoms with Crippen LogP contribution in [-0.4, -0.2) is 27.8 Å². The Hall–Kier alpha value is -0.610. The van der Waals surface area contributed by atoms with E-state index in [0.29, 0.717) is 0 Å². The van der Waals surface area contributed by atoms with Crippen molar-refractivity contribution in [2.45, 2.75) is 38.8 Å². The Morgan fingerprint density at radius 3 is 2.25 bits per heavy atom. The van der Waals surface area contributed by atoms with E-state index in [4.69, 9.17) is 10.8 Å². The minimum Gasteiger partial charge on any atom is -0.480 e. The zero-order chi connectivity index (χ0) is 9.94. The van der Waals surface area contributed by atoms with E-state index in [-0.39, 0.29) is 12.3 Å². The molecule has 0 heterocycles. The highest BCUT2D eigenvalue weighted by Gasteiger charge is 2.29.